The molecule has 23 heteroatoms. The average Bonchev–Trinajstić information content (AvgIpc) is 0.697. The summed E-state index contributed by atoms with van der Waals surface area (Å²) in [5.74, 6) is -1.65. The highest BCUT2D eigenvalue weighted by Crippen LogP contribution is 2.70. The summed E-state index contributed by atoms with van der Waals surface area (Å²) in [5.41, 5.74) is -0.214. The molecule has 0 heterocycles. The maximum absolute atomic E-state index is 13.1. The number of hydrogen-bond donors (Lipinski definition) is 0. The van der Waals surface area contributed by atoms with E-state index in [1.165, 1.54) is 68.4 Å². The number of carbonyl (C=O) groups is 18. The van der Waals surface area contributed by atoms with E-state index in [4.69, 9.17) is 27.4 Å². The predicted octanol–water partition coefficient (Wildman–Crippen LogP) is 20.1. The van der Waals surface area contributed by atoms with Crippen LogP contribution in [0.1, 0.15) is 291 Å². The molecular weight excluding hydrogens is 1770 g/mol. The predicted molar refractivity (Wildman–Crippen MR) is 527 cm³/mol. The number of rotatable bonds is 3. The van der Waals surface area contributed by atoms with Gasteiger partial charge in [0.05, 0.1) is 33.6 Å². The van der Waals surface area contributed by atoms with E-state index in [9.17, 15) is 86.3 Å². The second kappa shape index (κ2) is 35.2. The Kier molecular flexibility index (Phi) is 26.9. The maximum Gasteiger partial charge on any atom is 0.302 e. The number of ketones is 15. The first-order chi connectivity index (χ1) is 63.8. The van der Waals surface area contributed by atoms with Gasteiger partial charge in [-0.1, -0.05) is 129 Å². The largest absolute Gasteiger partial charge is 0.462 e. The summed E-state index contributed by atoms with van der Waals surface area (Å²) in [4.78, 5) is 228. The molecule has 0 aromatic rings. The van der Waals surface area contributed by atoms with Gasteiger partial charge in [0, 0.05) is 136 Å². The molecule has 0 radical (unpaired) electrons. The quantitative estimate of drug-likeness (QED) is 0.110. The lowest BCUT2D eigenvalue weighted by Gasteiger charge is -2.56. The van der Waals surface area contributed by atoms with Gasteiger partial charge in [-0.25, -0.2) is 11.4 Å². The average molecular weight is 1910 g/mol. The van der Waals surface area contributed by atoms with Crippen LogP contribution in [0.4, 0.5) is 0 Å². The molecule has 18 aliphatic rings. The minimum Gasteiger partial charge on any atom is -0.462 e. The van der Waals surface area contributed by atoms with Gasteiger partial charge in [0.25, 0.3) is 6.04 Å². The van der Waals surface area contributed by atoms with Crippen LogP contribution in [0.3, 0.4) is 0 Å². The van der Waals surface area contributed by atoms with Crippen LogP contribution in [0.25, 0.3) is 9.69 Å². The van der Waals surface area contributed by atoms with Crippen molar-refractivity contribution in [3.05, 3.63) is 211 Å². The zero-order valence-corrected chi connectivity index (χ0v) is 85.9. The van der Waals surface area contributed by atoms with Crippen LogP contribution in [0.5, 0.6) is 0 Å². The van der Waals surface area contributed by atoms with Crippen LogP contribution in [0, 0.1) is 111 Å². The van der Waals surface area contributed by atoms with Crippen molar-refractivity contribution in [1.82, 2.24) is 0 Å². The van der Waals surface area contributed by atoms with Gasteiger partial charge in [0.15, 0.2) is 57.8 Å². The molecular formula is C117H138N2O21. The first kappa shape index (κ1) is 107. The summed E-state index contributed by atoms with van der Waals surface area (Å²) >= 11 is 0. The summed E-state index contributed by atoms with van der Waals surface area (Å²) < 4.78 is 16.6. The number of Topliss-reactive ketones (excluding diaryl/α,β-unsaturated/α-hetero) is 6. The van der Waals surface area contributed by atoms with Crippen LogP contribution in [0.2, 0.25) is 0 Å². The first-order valence-electron chi connectivity index (χ1n) is 48.7. The lowest BCUT2D eigenvalue weighted by Crippen LogP contribution is -2.56. The van der Waals surface area contributed by atoms with E-state index in [0.29, 0.717) is 85.9 Å². The molecule has 0 saturated heterocycles. The van der Waals surface area contributed by atoms with E-state index in [2.05, 4.69) is 76.4 Å². The van der Waals surface area contributed by atoms with Crippen molar-refractivity contribution in [3.8, 4) is 0 Å². The van der Waals surface area contributed by atoms with Crippen molar-refractivity contribution in [2.24, 2.45) is 97.5 Å². The molecule has 0 amide bonds. The third-order valence-electron chi connectivity index (χ3n) is 36.2. The van der Waals surface area contributed by atoms with Crippen molar-refractivity contribution in [2.75, 3.05) is 0 Å². The minimum atomic E-state index is -1.06. The normalized spacial score (nSPS) is 37.1. The molecule has 0 bridgehead atoms. The summed E-state index contributed by atoms with van der Waals surface area (Å²) in [5, 5.41) is 0. The van der Waals surface area contributed by atoms with Crippen molar-refractivity contribution in [2.45, 2.75) is 315 Å². The summed E-state index contributed by atoms with van der Waals surface area (Å²) in [6.07, 6.45) is 39.5. The highest BCUT2D eigenvalue weighted by molar-refractivity contribution is 6.15. The van der Waals surface area contributed by atoms with Gasteiger partial charge in [-0.05, 0) is 278 Å². The second-order valence-electron chi connectivity index (χ2n) is 47.3. The number of nitrogens with zero attached hydrogens (tertiary/aromatic N) is 2. The van der Waals surface area contributed by atoms with Crippen molar-refractivity contribution in [1.29, 1.82) is 0 Å². The minimum absolute atomic E-state index is 0. The first-order valence-corrected chi connectivity index (χ1v) is 48.7. The Morgan fingerprint density at radius 3 is 1.11 bits per heavy atom. The fourth-order valence-electron chi connectivity index (χ4n) is 27.9. The number of ether oxygens (including phenoxy) is 3. The Hall–Kier alpha value is -11.7. The van der Waals surface area contributed by atoms with E-state index < -0.39 is 89.2 Å². The van der Waals surface area contributed by atoms with Crippen molar-refractivity contribution < 1.29 is 101 Å². The van der Waals surface area contributed by atoms with Gasteiger partial charge in [-0.2, -0.15) is 0 Å². The molecule has 0 N–H and O–H groups in total. The SMILES string of the molecule is C.CC(=O)O[C@@H]1CC(=O)C=C2[C@@]3(C)CCC(=O)C(C)(C)C3=CC(=O)[C@]21C.CC(=O)O[C@@H]1CC(=O)C=C2[C@@]3(C)CCC(=O)C(C)(C)C3=CC[C@]21C.CC(=O)O[C@@H]1CCC=C2[C@@]3(C)CCC(=O)C(C)(C)C3=CC[C@]21C.CC1(C)C(=O)CC[C@@]2(C)C1=CC(=O)[C@@]1(C)C=CC(=O)C=C12.[C-]#[N+]C1=C[C@@]2(C)C(=CC(=O)[C@@]3(C)C=CC(=O)C=C23)C(C)(C)C1=O.[C-]#[N+]C1C[C@@]2(C)C(=CC(=O)[C@@]3(C)C=CC(=O)C=C32)C(C)(C)C1=O. The molecule has 0 aromatic carbocycles. The summed E-state index contributed by atoms with van der Waals surface area (Å²) in [7, 11) is 0. The number of carbonyl (C=O) groups excluding carboxylic acids is 18. The van der Waals surface area contributed by atoms with Gasteiger partial charge in [0.2, 0.25) is 11.5 Å². The molecule has 0 aromatic heterocycles. The Morgan fingerprint density at radius 1 is 0.343 bits per heavy atom. The fourth-order valence-corrected chi connectivity index (χ4v) is 27.9. The van der Waals surface area contributed by atoms with Gasteiger partial charge < -0.3 is 23.9 Å². The molecule has 5 saturated carbocycles. The zero-order valence-electron chi connectivity index (χ0n) is 85.9. The van der Waals surface area contributed by atoms with Crippen LogP contribution in [-0.4, -0.2) is 129 Å². The lowest BCUT2D eigenvalue weighted by molar-refractivity contribution is -0.158. The van der Waals surface area contributed by atoms with Gasteiger partial charge in [-0.15, -0.1) is 0 Å². The maximum atomic E-state index is 13.1. The van der Waals surface area contributed by atoms with Gasteiger partial charge >= 0.3 is 17.9 Å². The molecule has 1 unspecified atom stereocenters. The zero-order chi connectivity index (χ0) is 104. The smallest absolute Gasteiger partial charge is 0.302 e. The monoisotopic (exact) mass is 1910 g/mol. The van der Waals surface area contributed by atoms with E-state index in [1.54, 1.807) is 109 Å². The fraction of sp³-hybridized carbons (Fsp3) is 0.556. The molecule has 742 valence electrons. The Bertz CT molecular complexity index is 6350. The molecule has 18 rings (SSSR count). The molecule has 5 fully saturated rings. The van der Waals surface area contributed by atoms with Crippen LogP contribution >= 0.6 is 0 Å². The van der Waals surface area contributed by atoms with Crippen molar-refractivity contribution >= 4 is 105 Å². The van der Waals surface area contributed by atoms with E-state index in [1.807, 2.05) is 69.2 Å². The van der Waals surface area contributed by atoms with E-state index in [-0.39, 0.29) is 157 Å². The van der Waals surface area contributed by atoms with Gasteiger partial charge in [0.1, 0.15) is 41.4 Å². The molecule has 23 nitrogen and oxygen atoms in total. The topological polar surface area (TPSA) is 344 Å². The number of allylic oxidation sites excluding steroid dienone is 29. The van der Waals surface area contributed by atoms with Gasteiger partial charge in [-0.3, -0.25) is 81.5 Å². The molecule has 0 spiro atoms. The second-order valence-corrected chi connectivity index (χ2v) is 47.3. The van der Waals surface area contributed by atoms with E-state index in [0.717, 1.165) is 59.1 Å². The lowest BCUT2D eigenvalue weighted by atomic mass is 9.47. The van der Waals surface area contributed by atoms with Crippen LogP contribution < -0.4 is 0 Å². The summed E-state index contributed by atoms with van der Waals surface area (Å²) in [6.45, 7) is 65.2. The number of esters is 3. The molecule has 18 aliphatic carbocycles. The van der Waals surface area contributed by atoms with Crippen LogP contribution in [-0.2, 0) is 101 Å². The molecule has 16 atom stereocenters. The van der Waals surface area contributed by atoms with Crippen LogP contribution in [0.15, 0.2) is 188 Å². The number of fused-ring (bicyclic) bond motifs is 18. The molecule has 0 aliphatic heterocycles. The van der Waals surface area contributed by atoms with Crippen molar-refractivity contribution in [3.63, 3.8) is 0 Å². The third-order valence-corrected chi connectivity index (χ3v) is 36.2. The summed E-state index contributed by atoms with van der Waals surface area (Å²) in [6, 6.07) is -0.744. The highest BCUT2D eigenvalue weighted by atomic mass is 16.6. The van der Waals surface area contributed by atoms with E-state index >= 15 is 0 Å². The Labute approximate surface area is 823 Å². The Morgan fingerprint density at radius 2 is 0.686 bits per heavy atom. The third kappa shape index (κ3) is 16.3. The Balaban J connectivity index is 0.000000150. The number of hydrogen-bond acceptors (Lipinski definition) is 21. The highest BCUT2D eigenvalue weighted by Gasteiger charge is 2.67. The molecule has 140 heavy (non-hydrogen) atoms. The standard InChI is InChI=1S/C20H24O5.C20H26O4.C20H28O3.C19H19NO3.C19H17NO3.C18H20O3.CH4/c1-11(21)25-17-9-12(22)8-14-19(4)7-6-15(23)18(2,3)13(19)10-16(24)20(14,17)5;1-12(21)24-17-11-13(22)10-15-19(4)9-7-16(23)18(2,3)14(19)6-8-20(15,17)5;1-13(21)23-17-8-6-7-15-19(4)12-10-16(22)18(2,3)14(19)9-11-20(15,17)5;2*1-17(2)13-9-15(22)18(3)7-6-11(21)8-14(18)19(13,4)10-12(20-5)16(17)23;1-16(2)12-10-15(21)18(4)7-5-11(19)9-13(18)17(12,3)8-6-14(16)20;/h8,10,17H,6-7,9H2,1-5H3;6,10,17H,7-9,11H2,1-5H3;7,9,17H,6,8,10-12H2,1-5H3;6-9,12H,10H2,1-4H3;6-10H,1-4H3;5,7,9-10H,6,8H2,1-4H3;1H4/t17-,19+,20+;2*17-,19+,20-;12?,18-,19-;18-,19-;17-,18-;/m111000./s1.